The van der Waals surface area contributed by atoms with Gasteiger partial charge >= 0.3 is 6.18 Å². The van der Waals surface area contributed by atoms with Crippen molar-refractivity contribution in [3.05, 3.63) is 17.0 Å². The van der Waals surface area contributed by atoms with Crippen molar-refractivity contribution in [1.82, 2.24) is 9.78 Å². The van der Waals surface area contributed by atoms with Crippen LogP contribution in [0, 0.1) is 13.8 Å². The molecule has 1 heterocycles. The van der Waals surface area contributed by atoms with Gasteiger partial charge in [0.2, 0.25) is 0 Å². The third-order valence-electron chi connectivity index (χ3n) is 3.13. The Morgan fingerprint density at radius 1 is 1.33 bits per heavy atom. The summed E-state index contributed by atoms with van der Waals surface area (Å²) in [7, 11) is 0. The molecule has 1 atom stereocenters. The molecule has 1 unspecified atom stereocenters. The number of halogens is 3. The molecule has 0 amide bonds. The standard InChI is InChI=1S/C12H20F3N3/c1-4-10(16)7-11-8(2)17-18(9(11)3)6-5-12(13,14)15/h10H,4-7,16H2,1-3H3. The number of nitrogens with two attached hydrogens (primary N) is 1. The van der Waals surface area contributed by atoms with Gasteiger partial charge < -0.3 is 5.73 Å². The summed E-state index contributed by atoms with van der Waals surface area (Å²) in [5.74, 6) is 0. The lowest BCUT2D eigenvalue weighted by Gasteiger charge is -2.10. The molecular formula is C12H20F3N3. The second kappa shape index (κ2) is 5.73. The molecule has 0 aliphatic rings. The molecule has 0 fully saturated rings. The molecule has 0 bridgehead atoms. The van der Waals surface area contributed by atoms with Crippen LogP contribution in [-0.4, -0.2) is 22.0 Å². The van der Waals surface area contributed by atoms with Crippen LogP contribution in [0.4, 0.5) is 13.2 Å². The first-order valence-electron chi connectivity index (χ1n) is 6.09. The Hall–Kier alpha value is -1.04. The summed E-state index contributed by atoms with van der Waals surface area (Å²) in [6.07, 6.45) is -3.49. The molecule has 0 aromatic carbocycles. The van der Waals surface area contributed by atoms with Crippen molar-refractivity contribution in [2.75, 3.05) is 0 Å². The smallest absolute Gasteiger partial charge is 0.327 e. The summed E-state index contributed by atoms with van der Waals surface area (Å²) < 4.78 is 38.0. The average molecular weight is 263 g/mol. The van der Waals surface area contributed by atoms with E-state index in [2.05, 4.69) is 5.10 Å². The molecule has 18 heavy (non-hydrogen) atoms. The quantitative estimate of drug-likeness (QED) is 0.887. The van der Waals surface area contributed by atoms with Crippen molar-refractivity contribution in [3.63, 3.8) is 0 Å². The first kappa shape index (κ1) is 15.0. The van der Waals surface area contributed by atoms with Gasteiger partial charge in [-0.15, -0.1) is 0 Å². The predicted molar refractivity (Wildman–Crippen MR) is 64.3 cm³/mol. The number of alkyl halides is 3. The minimum absolute atomic E-state index is 0.0302. The second-order valence-electron chi connectivity index (χ2n) is 4.61. The van der Waals surface area contributed by atoms with Crippen LogP contribution in [0.15, 0.2) is 0 Å². The Balaban J connectivity index is 2.80. The molecule has 0 aliphatic heterocycles. The van der Waals surface area contributed by atoms with E-state index in [-0.39, 0.29) is 12.6 Å². The van der Waals surface area contributed by atoms with Crippen molar-refractivity contribution < 1.29 is 13.2 Å². The van der Waals surface area contributed by atoms with E-state index < -0.39 is 12.6 Å². The number of aromatic nitrogens is 2. The summed E-state index contributed by atoms with van der Waals surface area (Å²) in [6, 6.07) is 0.0302. The number of hydrogen-bond donors (Lipinski definition) is 1. The third kappa shape index (κ3) is 4.01. The summed E-state index contributed by atoms with van der Waals surface area (Å²) in [6.45, 7) is 5.48. The molecule has 1 rings (SSSR count). The van der Waals surface area contributed by atoms with Gasteiger partial charge in [-0.3, -0.25) is 4.68 Å². The maximum Gasteiger partial charge on any atom is 0.390 e. The van der Waals surface area contributed by atoms with E-state index in [1.165, 1.54) is 4.68 Å². The molecule has 0 saturated carbocycles. The highest BCUT2D eigenvalue weighted by atomic mass is 19.4. The predicted octanol–water partition coefficient (Wildman–Crippen LogP) is 2.73. The molecule has 0 radical (unpaired) electrons. The molecule has 2 N–H and O–H groups in total. The molecule has 3 nitrogen and oxygen atoms in total. The van der Waals surface area contributed by atoms with Crippen molar-refractivity contribution in [1.29, 1.82) is 0 Å². The minimum Gasteiger partial charge on any atom is -0.327 e. The van der Waals surface area contributed by atoms with Gasteiger partial charge in [-0.25, -0.2) is 0 Å². The van der Waals surface area contributed by atoms with Crippen LogP contribution < -0.4 is 5.73 Å². The zero-order chi connectivity index (χ0) is 13.9. The topological polar surface area (TPSA) is 43.8 Å². The fourth-order valence-corrected chi connectivity index (χ4v) is 1.89. The molecule has 1 aromatic rings. The largest absolute Gasteiger partial charge is 0.390 e. The summed E-state index contributed by atoms with van der Waals surface area (Å²) in [5.41, 5.74) is 8.43. The van der Waals surface area contributed by atoms with Crippen LogP contribution in [0.3, 0.4) is 0 Å². The highest BCUT2D eigenvalue weighted by Crippen LogP contribution is 2.22. The van der Waals surface area contributed by atoms with Crippen molar-refractivity contribution in [2.24, 2.45) is 5.73 Å². The summed E-state index contributed by atoms with van der Waals surface area (Å²) >= 11 is 0. The number of hydrogen-bond acceptors (Lipinski definition) is 2. The van der Waals surface area contributed by atoms with Crippen LogP contribution >= 0.6 is 0 Å². The Morgan fingerprint density at radius 3 is 2.44 bits per heavy atom. The van der Waals surface area contributed by atoms with Crippen LogP contribution in [0.5, 0.6) is 0 Å². The van der Waals surface area contributed by atoms with Gasteiger partial charge in [-0.05, 0) is 32.3 Å². The maximum absolute atomic E-state index is 12.2. The van der Waals surface area contributed by atoms with Gasteiger partial charge in [0.05, 0.1) is 12.1 Å². The van der Waals surface area contributed by atoms with Gasteiger partial charge in [-0.1, -0.05) is 6.92 Å². The second-order valence-corrected chi connectivity index (χ2v) is 4.61. The van der Waals surface area contributed by atoms with Crippen molar-refractivity contribution in [2.45, 2.75) is 58.8 Å². The lowest BCUT2D eigenvalue weighted by atomic mass is 10.0. The Labute approximate surface area is 105 Å². The van der Waals surface area contributed by atoms with E-state index >= 15 is 0 Å². The molecule has 0 spiro atoms. The average Bonchev–Trinajstić information content (AvgIpc) is 2.53. The normalized spacial score (nSPS) is 13.9. The summed E-state index contributed by atoms with van der Waals surface area (Å²) in [4.78, 5) is 0. The van der Waals surface area contributed by atoms with Gasteiger partial charge in [0.15, 0.2) is 0 Å². The molecule has 0 aliphatic carbocycles. The van der Waals surface area contributed by atoms with Gasteiger partial charge in [0.1, 0.15) is 0 Å². The molecule has 0 saturated heterocycles. The Kier molecular flexibility index (Phi) is 4.78. The molecule has 6 heteroatoms. The Bertz CT molecular complexity index is 396. The maximum atomic E-state index is 12.2. The lowest BCUT2D eigenvalue weighted by Crippen LogP contribution is -2.22. The highest BCUT2D eigenvalue weighted by Gasteiger charge is 2.27. The molecule has 104 valence electrons. The van der Waals surface area contributed by atoms with E-state index in [0.717, 1.165) is 23.4 Å². The first-order chi connectivity index (χ1) is 8.24. The number of rotatable bonds is 5. The van der Waals surface area contributed by atoms with E-state index in [1.54, 1.807) is 6.92 Å². The van der Waals surface area contributed by atoms with Crippen LogP contribution in [0.1, 0.15) is 36.7 Å². The summed E-state index contributed by atoms with van der Waals surface area (Å²) in [5, 5.41) is 4.16. The SMILES string of the molecule is CCC(N)Cc1c(C)nn(CCC(F)(F)F)c1C. The van der Waals surface area contributed by atoms with Crippen LogP contribution in [0.25, 0.3) is 0 Å². The lowest BCUT2D eigenvalue weighted by molar-refractivity contribution is -0.137. The van der Waals surface area contributed by atoms with Gasteiger partial charge in [-0.2, -0.15) is 18.3 Å². The van der Waals surface area contributed by atoms with Crippen LogP contribution in [0.2, 0.25) is 0 Å². The minimum atomic E-state index is -4.15. The highest BCUT2D eigenvalue weighted by molar-refractivity contribution is 5.25. The number of nitrogens with zero attached hydrogens (tertiary/aromatic N) is 2. The van der Waals surface area contributed by atoms with Crippen LogP contribution in [-0.2, 0) is 13.0 Å². The molecule has 1 aromatic heterocycles. The fraction of sp³-hybridized carbons (Fsp3) is 0.750. The van der Waals surface area contributed by atoms with E-state index in [0.29, 0.717) is 6.42 Å². The third-order valence-corrected chi connectivity index (χ3v) is 3.13. The van der Waals surface area contributed by atoms with Gasteiger partial charge in [0, 0.05) is 18.3 Å². The number of aryl methyl sites for hydroxylation is 2. The zero-order valence-corrected chi connectivity index (χ0v) is 11.0. The zero-order valence-electron chi connectivity index (χ0n) is 11.0. The van der Waals surface area contributed by atoms with Crippen molar-refractivity contribution in [3.8, 4) is 0 Å². The van der Waals surface area contributed by atoms with E-state index in [1.807, 2.05) is 13.8 Å². The Morgan fingerprint density at radius 2 is 1.94 bits per heavy atom. The fourth-order valence-electron chi connectivity index (χ4n) is 1.89. The monoisotopic (exact) mass is 263 g/mol. The molecular weight excluding hydrogens is 243 g/mol. The first-order valence-corrected chi connectivity index (χ1v) is 6.09. The van der Waals surface area contributed by atoms with E-state index in [9.17, 15) is 13.2 Å². The van der Waals surface area contributed by atoms with Crippen molar-refractivity contribution >= 4 is 0 Å². The van der Waals surface area contributed by atoms with E-state index in [4.69, 9.17) is 5.73 Å². The van der Waals surface area contributed by atoms with Gasteiger partial charge in [0.25, 0.3) is 0 Å².